The molecule has 1 atom stereocenters. The maximum atomic E-state index is 12.7. The first kappa shape index (κ1) is 20.6. The van der Waals surface area contributed by atoms with Crippen molar-refractivity contribution in [2.75, 3.05) is 25.0 Å². The number of rotatable bonds is 5. The average Bonchev–Trinajstić information content (AvgIpc) is 3.43. The van der Waals surface area contributed by atoms with E-state index >= 15 is 0 Å². The minimum atomic E-state index is -0.263. The van der Waals surface area contributed by atoms with Gasteiger partial charge in [0.25, 0.3) is 5.91 Å². The fraction of sp³-hybridized carbons (Fsp3) is 0.409. The van der Waals surface area contributed by atoms with Gasteiger partial charge in [-0.1, -0.05) is 29.8 Å². The summed E-state index contributed by atoms with van der Waals surface area (Å²) in [6, 6.07) is 7.37. The largest absolute Gasteiger partial charge is 0.330 e. The molecule has 2 aliphatic rings. The molecule has 7 nitrogen and oxygen atoms in total. The number of carbonyl (C=O) groups excluding carboxylic acids is 2. The first-order chi connectivity index (χ1) is 14.5. The maximum Gasteiger partial charge on any atom is 0.273 e. The first-order valence-electron chi connectivity index (χ1n) is 10.3. The molecular weight excluding hydrogens is 402 g/mol. The number of carbonyl (C=O) groups is 2. The highest BCUT2D eigenvalue weighted by Crippen LogP contribution is 2.22. The van der Waals surface area contributed by atoms with Crippen LogP contribution in [0.15, 0.2) is 42.6 Å². The van der Waals surface area contributed by atoms with Gasteiger partial charge in [-0.05, 0) is 45.0 Å². The predicted molar refractivity (Wildman–Crippen MR) is 116 cm³/mol. The Hall–Kier alpha value is -2.64. The van der Waals surface area contributed by atoms with Gasteiger partial charge in [0.15, 0.2) is 0 Å². The van der Waals surface area contributed by atoms with Crippen molar-refractivity contribution in [3.05, 3.63) is 59.2 Å². The molecule has 8 heteroatoms. The Morgan fingerprint density at radius 2 is 1.93 bits per heavy atom. The molecule has 0 saturated carbocycles. The molecule has 1 aromatic heterocycles. The lowest BCUT2D eigenvalue weighted by Crippen LogP contribution is -2.38. The van der Waals surface area contributed by atoms with E-state index < -0.39 is 0 Å². The monoisotopic (exact) mass is 427 g/mol. The minimum Gasteiger partial charge on any atom is -0.330 e. The van der Waals surface area contributed by atoms with Crippen LogP contribution in [0.2, 0.25) is 5.02 Å². The SMILES string of the molecule is C[C@H](/C=C/C(=O)N1CCn2c(C(=O)Nc3ccccc3Cl)cnc2C1)N1CCCC1. The number of anilines is 1. The smallest absolute Gasteiger partial charge is 0.273 e. The Kier molecular flexibility index (Phi) is 6.20. The summed E-state index contributed by atoms with van der Waals surface area (Å²) in [4.78, 5) is 33.9. The summed E-state index contributed by atoms with van der Waals surface area (Å²) in [7, 11) is 0. The van der Waals surface area contributed by atoms with Crippen LogP contribution in [0, 0.1) is 0 Å². The molecule has 3 heterocycles. The van der Waals surface area contributed by atoms with Gasteiger partial charge < -0.3 is 14.8 Å². The molecule has 0 radical (unpaired) electrons. The van der Waals surface area contributed by atoms with E-state index in [9.17, 15) is 9.59 Å². The van der Waals surface area contributed by atoms with Crippen LogP contribution >= 0.6 is 11.6 Å². The van der Waals surface area contributed by atoms with Gasteiger partial charge in [-0.25, -0.2) is 4.98 Å². The summed E-state index contributed by atoms with van der Waals surface area (Å²) >= 11 is 6.13. The normalized spacial score (nSPS) is 17.9. The highest BCUT2D eigenvalue weighted by molar-refractivity contribution is 6.33. The van der Waals surface area contributed by atoms with E-state index in [1.165, 1.54) is 12.8 Å². The van der Waals surface area contributed by atoms with Crippen molar-refractivity contribution in [2.45, 2.75) is 38.9 Å². The number of aromatic nitrogens is 2. The van der Waals surface area contributed by atoms with Crippen molar-refractivity contribution in [3.8, 4) is 0 Å². The zero-order valence-corrected chi connectivity index (χ0v) is 17.8. The molecule has 0 bridgehead atoms. The summed E-state index contributed by atoms with van der Waals surface area (Å²) in [5.74, 6) is 0.429. The number of amides is 2. The molecule has 1 aromatic carbocycles. The van der Waals surface area contributed by atoms with E-state index in [1.807, 2.05) is 22.8 Å². The van der Waals surface area contributed by atoms with Crippen LogP contribution in [0.3, 0.4) is 0 Å². The number of likely N-dealkylation sites (tertiary alicyclic amines) is 1. The molecule has 1 N–H and O–H groups in total. The van der Waals surface area contributed by atoms with E-state index in [4.69, 9.17) is 11.6 Å². The van der Waals surface area contributed by atoms with Crippen LogP contribution < -0.4 is 5.32 Å². The van der Waals surface area contributed by atoms with Crippen molar-refractivity contribution in [1.82, 2.24) is 19.4 Å². The van der Waals surface area contributed by atoms with Crippen LogP contribution in [-0.4, -0.2) is 56.8 Å². The average molecular weight is 428 g/mol. The second-order valence-corrected chi connectivity index (χ2v) is 8.16. The van der Waals surface area contributed by atoms with Gasteiger partial charge in [-0.3, -0.25) is 14.5 Å². The van der Waals surface area contributed by atoms with Crippen LogP contribution in [0.25, 0.3) is 0 Å². The number of hydrogen-bond acceptors (Lipinski definition) is 4. The van der Waals surface area contributed by atoms with Gasteiger partial charge >= 0.3 is 0 Å². The zero-order valence-electron chi connectivity index (χ0n) is 17.1. The molecule has 30 heavy (non-hydrogen) atoms. The molecule has 4 rings (SSSR count). The zero-order chi connectivity index (χ0) is 21.1. The van der Waals surface area contributed by atoms with Crippen LogP contribution in [0.1, 0.15) is 36.1 Å². The van der Waals surface area contributed by atoms with Gasteiger partial charge in [0, 0.05) is 25.2 Å². The molecule has 2 aromatic rings. The minimum absolute atomic E-state index is 0.0163. The lowest BCUT2D eigenvalue weighted by Gasteiger charge is -2.28. The number of benzene rings is 1. The van der Waals surface area contributed by atoms with E-state index in [0.717, 1.165) is 13.1 Å². The third-order valence-electron chi connectivity index (χ3n) is 5.76. The van der Waals surface area contributed by atoms with Gasteiger partial charge in [-0.2, -0.15) is 0 Å². The number of nitrogens with zero attached hydrogens (tertiary/aromatic N) is 4. The molecule has 158 valence electrons. The Morgan fingerprint density at radius 3 is 2.70 bits per heavy atom. The third-order valence-corrected chi connectivity index (χ3v) is 6.09. The number of imidazole rings is 1. The lowest BCUT2D eigenvalue weighted by atomic mass is 10.2. The van der Waals surface area contributed by atoms with Crippen molar-refractivity contribution >= 4 is 29.1 Å². The van der Waals surface area contributed by atoms with E-state index in [0.29, 0.717) is 41.9 Å². The molecule has 1 fully saturated rings. The summed E-state index contributed by atoms with van der Waals surface area (Å²) < 4.78 is 1.87. The van der Waals surface area contributed by atoms with Crippen molar-refractivity contribution < 1.29 is 9.59 Å². The second kappa shape index (κ2) is 9.02. The van der Waals surface area contributed by atoms with Gasteiger partial charge in [0.1, 0.15) is 11.5 Å². The van der Waals surface area contributed by atoms with E-state index in [-0.39, 0.29) is 17.9 Å². The second-order valence-electron chi connectivity index (χ2n) is 7.75. The fourth-order valence-corrected chi connectivity index (χ4v) is 4.16. The van der Waals surface area contributed by atoms with Gasteiger partial charge in [0.05, 0.1) is 23.5 Å². The standard InChI is InChI=1S/C22H26ClN5O2/c1-16(26-10-4-5-11-26)8-9-21(29)27-12-13-28-19(14-24-20(28)15-27)22(30)25-18-7-3-2-6-17(18)23/h2-3,6-9,14,16H,4-5,10-13,15H2,1H3,(H,25,30)/b9-8+/t16-/m1/s1. The van der Waals surface area contributed by atoms with E-state index in [2.05, 4.69) is 22.1 Å². The number of hydrogen-bond donors (Lipinski definition) is 1. The first-order valence-corrected chi connectivity index (χ1v) is 10.7. The van der Waals surface area contributed by atoms with E-state index in [1.54, 1.807) is 29.3 Å². The third kappa shape index (κ3) is 4.42. The summed E-state index contributed by atoms with van der Waals surface area (Å²) in [5, 5.41) is 3.31. The Bertz CT molecular complexity index is 964. The van der Waals surface area contributed by atoms with Crippen LogP contribution in [0.4, 0.5) is 5.69 Å². The number of fused-ring (bicyclic) bond motifs is 1. The summed E-state index contributed by atoms with van der Waals surface area (Å²) in [6.45, 7) is 5.78. The molecule has 0 unspecified atom stereocenters. The Labute approximate surface area is 181 Å². The molecule has 1 saturated heterocycles. The summed E-state index contributed by atoms with van der Waals surface area (Å²) in [5.41, 5.74) is 1.03. The molecule has 0 aliphatic carbocycles. The fourth-order valence-electron chi connectivity index (χ4n) is 3.98. The Morgan fingerprint density at radius 1 is 1.17 bits per heavy atom. The summed E-state index contributed by atoms with van der Waals surface area (Å²) in [6.07, 6.45) is 7.67. The van der Waals surface area contributed by atoms with Crippen LogP contribution in [-0.2, 0) is 17.9 Å². The lowest BCUT2D eigenvalue weighted by molar-refractivity contribution is -0.127. The molecule has 2 aliphatic heterocycles. The predicted octanol–water partition coefficient (Wildman–Crippen LogP) is 3.17. The topological polar surface area (TPSA) is 70.5 Å². The van der Waals surface area contributed by atoms with Crippen molar-refractivity contribution in [1.29, 1.82) is 0 Å². The molecule has 0 spiro atoms. The quantitative estimate of drug-likeness (QED) is 0.744. The molecule has 2 amide bonds. The van der Waals surface area contributed by atoms with Crippen molar-refractivity contribution in [3.63, 3.8) is 0 Å². The Balaban J connectivity index is 1.39. The number of nitrogens with one attached hydrogen (secondary N) is 1. The van der Waals surface area contributed by atoms with Crippen LogP contribution in [0.5, 0.6) is 0 Å². The number of halogens is 1. The van der Waals surface area contributed by atoms with Gasteiger partial charge in [0.2, 0.25) is 5.91 Å². The van der Waals surface area contributed by atoms with Crippen molar-refractivity contribution in [2.24, 2.45) is 0 Å². The van der Waals surface area contributed by atoms with Gasteiger partial charge in [-0.15, -0.1) is 0 Å². The highest BCUT2D eigenvalue weighted by Gasteiger charge is 2.25. The highest BCUT2D eigenvalue weighted by atomic mass is 35.5. The molecular formula is C22H26ClN5O2. The number of para-hydroxylation sites is 1. The maximum absolute atomic E-state index is 12.7.